The first kappa shape index (κ1) is 25.4. The van der Waals surface area contributed by atoms with Crippen LogP contribution in [0.4, 0.5) is 0 Å². The van der Waals surface area contributed by atoms with E-state index in [1.54, 1.807) is 0 Å². The van der Waals surface area contributed by atoms with Gasteiger partial charge in [0, 0.05) is 0 Å². The first-order valence-corrected chi connectivity index (χ1v) is 10.6. The molecular weight excluding hydrogens is 433 g/mol. The Morgan fingerprint density at radius 1 is 0.944 bits per heavy atom. The molecule has 0 saturated carbocycles. The van der Waals surface area contributed by atoms with Gasteiger partial charge in [-0.1, -0.05) is 38.5 Å². The van der Waals surface area contributed by atoms with E-state index >= 15 is 0 Å². The van der Waals surface area contributed by atoms with E-state index in [4.69, 9.17) is 33.1 Å². The zero-order chi connectivity index (χ0) is 13.6. The van der Waals surface area contributed by atoms with Crippen LogP contribution in [0.5, 0.6) is 0 Å². The third-order valence-electron chi connectivity index (χ3n) is 1.58. The van der Waals surface area contributed by atoms with Gasteiger partial charge in [0.25, 0.3) is 0 Å². The van der Waals surface area contributed by atoms with Gasteiger partial charge in [-0.05, 0) is 12.8 Å². The van der Waals surface area contributed by atoms with Crippen LogP contribution in [0.3, 0.4) is 0 Å². The summed E-state index contributed by atoms with van der Waals surface area (Å²) in [5.74, 6) is 1.44. The third kappa shape index (κ3) is 23.5. The second-order valence-electron chi connectivity index (χ2n) is 3.23. The van der Waals surface area contributed by atoms with E-state index < -0.39 is 5.69 Å². The van der Waals surface area contributed by atoms with Crippen molar-refractivity contribution in [2.75, 3.05) is 24.7 Å². The van der Waals surface area contributed by atoms with Crippen molar-refractivity contribution >= 4 is 79.4 Å². The molecule has 0 fully saturated rings. The predicted molar refractivity (Wildman–Crippen MR) is 93.6 cm³/mol. The molecule has 8 heteroatoms. The number of hydrogen-bond acceptors (Lipinski definition) is 6. The Morgan fingerprint density at radius 2 is 1.28 bits per heavy atom. The first-order valence-electron chi connectivity index (χ1n) is 5.80. The van der Waals surface area contributed by atoms with Crippen LogP contribution in [-0.2, 0) is 58.4 Å². The molecule has 0 aromatic rings. The second kappa shape index (κ2) is 19.4. The Kier molecular flexibility index (Phi) is 27.4. The molecule has 0 bridgehead atoms. The molecule has 108 valence electrons. The summed E-state index contributed by atoms with van der Waals surface area (Å²) in [5.41, 5.74) is -2.34. The summed E-state index contributed by atoms with van der Waals surface area (Å²) in [6.07, 6.45) is 4.21. The fraction of sp³-hybridized carbons (Fsp3) is 1.00. The summed E-state index contributed by atoms with van der Waals surface area (Å²) in [6, 6.07) is 0. The smallest absolute Gasteiger partial charge is 0.794 e. The van der Waals surface area contributed by atoms with Crippen molar-refractivity contribution < 1.29 is 9.05 Å². The van der Waals surface area contributed by atoms with Crippen LogP contribution in [0.2, 0.25) is 0 Å². The SMILES string of the molecule is CCCCOP(=S)([S-])OCCCC.[S-]CC[S-].[Sb+3]. The van der Waals surface area contributed by atoms with E-state index in [1.165, 1.54) is 0 Å². The van der Waals surface area contributed by atoms with Gasteiger partial charge < -0.3 is 46.6 Å². The molecule has 2 nitrogen and oxygen atoms in total. The topological polar surface area (TPSA) is 18.5 Å². The van der Waals surface area contributed by atoms with E-state index in [9.17, 15) is 0 Å². The maximum absolute atomic E-state index is 5.33. The molecule has 0 aliphatic rings. The zero-order valence-electron chi connectivity index (χ0n) is 11.0. The minimum Gasteiger partial charge on any atom is -0.794 e. The molecule has 0 rings (SSSR count). The van der Waals surface area contributed by atoms with Crippen molar-refractivity contribution in [1.82, 2.24) is 0 Å². The Labute approximate surface area is 151 Å². The summed E-state index contributed by atoms with van der Waals surface area (Å²) in [6.45, 7) is 5.50. The average Bonchev–Trinajstić information content (AvgIpc) is 2.30. The van der Waals surface area contributed by atoms with E-state index in [0.29, 0.717) is 13.2 Å². The molecule has 0 aromatic heterocycles. The van der Waals surface area contributed by atoms with Crippen molar-refractivity contribution in [3.8, 4) is 0 Å². The monoisotopic (exact) mass is 454 g/mol. The second-order valence-corrected chi connectivity index (χ2v) is 9.03. The van der Waals surface area contributed by atoms with Gasteiger partial charge in [-0.3, -0.25) is 0 Å². The molecule has 0 aromatic carbocycles. The van der Waals surface area contributed by atoms with Gasteiger partial charge in [0.05, 0.1) is 18.9 Å². The molecule has 18 heavy (non-hydrogen) atoms. The summed E-state index contributed by atoms with van der Waals surface area (Å²) in [5, 5.41) is 0. The van der Waals surface area contributed by atoms with E-state index in [1.807, 2.05) is 0 Å². The molecule has 0 N–H and O–H groups in total. The summed E-state index contributed by atoms with van der Waals surface area (Å²) < 4.78 is 10.7. The molecule has 0 spiro atoms. The van der Waals surface area contributed by atoms with Gasteiger partial charge in [0.2, 0.25) is 0 Å². The first-order chi connectivity index (χ1) is 8.04. The molecule has 0 amide bonds. The summed E-state index contributed by atoms with van der Waals surface area (Å²) in [7, 11) is 0. The van der Waals surface area contributed by atoms with Crippen LogP contribution in [0.1, 0.15) is 39.5 Å². The van der Waals surface area contributed by atoms with Crippen molar-refractivity contribution in [2.45, 2.75) is 39.5 Å². The van der Waals surface area contributed by atoms with Gasteiger partial charge in [0.1, 0.15) is 0 Å². The maximum Gasteiger partial charge on any atom is 3.00 e. The van der Waals surface area contributed by atoms with E-state index in [0.717, 1.165) is 37.2 Å². The van der Waals surface area contributed by atoms with Gasteiger partial charge in [0.15, 0.2) is 0 Å². The normalized spacial score (nSPS) is 10.3. The molecular formula is C10H22O2PS4Sb. The number of rotatable bonds is 9. The quantitative estimate of drug-likeness (QED) is 0.229. The Bertz CT molecular complexity index is 183. The largest absolute Gasteiger partial charge is 3.00 e. The summed E-state index contributed by atoms with van der Waals surface area (Å²) >= 11 is 19.0. The standard InChI is InChI=1S/C8H19O2PS2.C2H6S2.Sb/c1-3-5-7-9-11(12,13)10-8-6-4-2;3-1-2-4;/h3-8H2,1-2H3,(H,12,13);3-4H,1-2H2;/q;;+3/p-3. The molecule has 0 atom stereocenters. The molecule has 0 aliphatic carbocycles. The van der Waals surface area contributed by atoms with E-state index in [2.05, 4.69) is 39.1 Å². The maximum atomic E-state index is 5.33. The van der Waals surface area contributed by atoms with Crippen LogP contribution in [-0.4, -0.2) is 49.1 Å². The molecule has 0 heterocycles. The molecule has 0 unspecified atom stereocenters. The summed E-state index contributed by atoms with van der Waals surface area (Å²) in [4.78, 5) is 0. The van der Waals surface area contributed by atoms with Crippen LogP contribution in [0, 0.1) is 0 Å². The van der Waals surface area contributed by atoms with Crippen LogP contribution < -0.4 is 0 Å². The minimum atomic E-state index is -2.34. The number of hydrogen-bond donors (Lipinski definition) is 0. The van der Waals surface area contributed by atoms with Crippen LogP contribution in [0.15, 0.2) is 0 Å². The predicted octanol–water partition coefficient (Wildman–Crippen LogP) is 3.09. The minimum absolute atomic E-state index is 0. The molecule has 0 saturated heterocycles. The molecule has 2 radical (unpaired) electrons. The van der Waals surface area contributed by atoms with Crippen molar-refractivity contribution in [3.63, 3.8) is 0 Å². The Hall–Kier alpha value is 2.44. The van der Waals surface area contributed by atoms with Crippen molar-refractivity contribution in [1.29, 1.82) is 0 Å². The van der Waals surface area contributed by atoms with Crippen LogP contribution >= 0.6 is 5.69 Å². The van der Waals surface area contributed by atoms with E-state index in [-0.39, 0.29) is 24.4 Å². The van der Waals surface area contributed by atoms with Gasteiger partial charge in [-0.25, -0.2) is 0 Å². The van der Waals surface area contributed by atoms with Gasteiger partial charge >= 0.3 is 24.4 Å². The molecule has 0 aliphatic heterocycles. The Balaban J connectivity index is -0.000000392. The van der Waals surface area contributed by atoms with Crippen molar-refractivity contribution in [2.24, 2.45) is 0 Å². The van der Waals surface area contributed by atoms with Gasteiger partial charge in [-0.15, -0.1) is 0 Å². The average molecular weight is 455 g/mol. The fourth-order valence-electron chi connectivity index (χ4n) is 0.679. The fourth-order valence-corrected chi connectivity index (χ4v) is 2.35. The zero-order valence-corrected chi connectivity index (χ0v) is 17.7. The third-order valence-corrected chi connectivity index (χ3v) is 4.51. The van der Waals surface area contributed by atoms with Crippen LogP contribution in [0.25, 0.3) is 0 Å². The Morgan fingerprint density at radius 3 is 1.50 bits per heavy atom. The van der Waals surface area contributed by atoms with Gasteiger partial charge in [-0.2, -0.15) is 11.5 Å². The number of unbranched alkanes of at least 4 members (excludes halogenated alkanes) is 2. The van der Waals surface area contributed by atoms with Crippen molar-refractivity contribution in [3.05, 3.63) is 0 Å².